The monoisotopic (exact) mass is 333 g/mol. The first-order chi connectivity index (χ1) is 11.0. The van der Waals surface area contributed by atoms with E-state index in [1.54, 1.807) is 6.07 Å². The van der Waals surface area contributed by atoms with Crippen molar-refractivity contribution in [3.63, 3.8) is 0 Å². The number of carbonyl (C=O) groups excluding carboxylic acids is 1. The van der Waals surface area contributed by atoms with Crippen molar-refractivity contribution in [3.8, 4) is 5.75 Å². The first-order valence-electron chi connectivity index (χ1n) is 6.94. The van der Waals surface area contributed by atoms with E-state index in [1.165, 1.54) is 36.4 Å². The minimum Gasteiger partial charge on any atom is -0.508 e. The van der Waals surface area contributed by atoms with E-state index in [1.807, 2.05) is 0 Å². The maximum absolute atomic E-state index is 12.2. The third-order valence-corrected chi connectivity index (χ3v) is 4.78. The number of rotatable bonds is 4. The zero-order chi connectivity index (χ0) is 16.4. The lowest BCUT2D eigenvalue weighted by Gasteiger charge is -2.10. The Morgan fingerprint density at radius 1 is 1.13 bits per heavy atom. The molecule has 0 aromatic heterocycles. The summed E-state index contributed by atoms with van der Waals surface area (Å²) < 4.78 is 24.5. The fourth-order valence-corrected chi connectivity index (χ4v) is 3.16. The summed E-state index contributed by atoms with van der Waals surface area (Å²) in [7, 11) is -3.86. The van der Waals surface area contributed by atoms with E-state index in [0.29, 0.717) is 0 Å². The largest absolute Gasteiger partial charge is 0.508 e. The summed E-state index contributed by atoms with van der Waals surface area (Å²) in [5, 5.41) is 12.3. The highest BCUT2D eigenvalue weighted by molar-refractivity contribution is 7.89. The lowest BCUT2D eigenvalue weighted by molar-refractivity contribution is 0.0945. The molecule has 0 saturated heterocycles. The molecule has 0 bridgehead atoms. The third kappa shape index (κ3) is 3.27. The Morgan fingerprint density at radius 2 is 1.87 bits per heavy atom. The van der Waals surface area contributed by atoms with Gasteiger partial charge in [0.25, 0.3) is 15.9 Å². The molecule has 7 nitrogen and oxygen atoms in total. The van der Waals surface area contributed by atoms with Gasteiger partial charge in [0.15, 0.2) is 0 Å². The quantitative estimate of drug-likeness (QED) is 0.624. The summed E-state index contributed by atoms with van der Waals surface area (Å²) in [6.07, 6.45) is 0.862. The Hall–Kier alpha value is -2.58. The topological polar surface area (TPSA) is 108 Å². The van der Waals surface area contributed by atoms with E-state index < -0.39 is 15.9 Å². The maximum atomic E-state index is 12.2. The molecule has 0 unspecified atom stereocenters. The Labute approximate surface area is 133 Å². The molecule has 8 heteroatoms. The molecule has 0 aliphatic carbocycles. The highest BCUT2D eigenvalue weighted by Crippen LogP contribution is 2.25. The normalized spacial score (nSPS) is 13.2. The number of phenolic OH excluding ortho intramolecular Hbond substituents is 1. The van der Waals surface area contributed by atoms with Crippen LogP contribution in [0.1, 0.15) is 15.9 Å². The van der Waals surface area contributed by atoms with Crippen molar-refractivity contribution in [1.29, 1.82) is 0 Å². The van der Waals surface area contributed by atoms with Gasteiger partial charge in [-0.15, -0.1) is 4.83 Å². The van der Waals surface area contributed by atoms with Gasteiger partial charge in [-0.2, -0.15) is 0 Å². The second-order valence-corrected chi connectivity index (χ2v) is 6.78. The summed E-state index contributed by atoms with van der Waals surface area (Å²) in [5.74, 6) is -0.597. The molecule has 1 aliphatic heterocycles. The number of benzene rings is 2. The van der Waals surface area contributed by atoms with E-state index in [2.05, 4.69) is 15.6 Å². The number of anilines is 1. The van der Waals surface area contributed by atoms with Gasteiger partial charge in [0, 0.05) is 17.8 Å². The van der Waals surface area contributed by atoms with Crippen LogP contribution in [0.3, 0.4) is 0 Å². The average Bonchev–Trinajstić information content (AvgIpc) is 3.01. The second-order valence-electron chi connectivity index (χ2n) is 5.10. The van der Waals surface area contributed by atoms with E-state index >= 15 is 0 Å². The number of phenols is 1. The highest BCUT2D eigenvalue weighted by atomic mass is 32.2. The van der Waals surface area contributed by atoms with E-state index in [9.17, 15) is 18.3 Å². The number of amides is 1. The molecule has 2 aromatic rings. The molecule has 0 spiro atoms. The van der Waals surface area contributed by atoms with Crippen LogP contribution in [0.2, 0.25) is 0 Å². The summed E-state index contributed by atoms with van der Waals surface area (Å²) in [6.45, 7) is 0.782. The molecule has 4 N–H and O–H groups in total. The SMILES string of the molecule is O=C(NNS(=O)(=O)c1ccc2c(c1)NCC2)c1ccc(O)cc1. The molecule has 2 aromatic carbocycles. The van der Waals surface area contributed by atoms with Crippen LogP contribution in [-0.4, -0.2) is 26.0 Å². The molecule has 0 radical (unpaired) electrons. The van der Waals surface area contributed by atoms with Gasteiger partial charge >= 0.3 is 0 Å². The van der Waals surface area contributed by atoms with Gasteiger partial charge in [0.2, 0.25) is 0 Å². The molecule has 1 aliphatic rings. The maximum Gasteiger partial charge on any atom is 0.266 e. The average molecular weight is 333 g/mol. The van der Waals surface area contributed by atoms with Crippen molar-refractivity contribution < 1.29 is 18.3 Å². The molecule has 0 atom stereocenters. The van der Waals surface area contributed by atoms with Crippen molar-refractivity contribution >= 4 is 21.6 Å². The molecule has 3 rings (SSSR count). The molecular weight excluding hydrogens is 318 g/mol. The van der Waals surface area contributed by atoms with Crippen molar-refractivity contribution in [3.05, 3.63) is 53.6 Å². The summed E-state index contributed by atoms with van der Waals surface area (Å²) >= 11 is 0. The smallest absolute Gasteiger partial charge is 0.266 e. The number of hydrazine groups is 1. The Morgan fingerprint density at radius 3 is 2.61 bits per heavy atom. The molecule has 0 fully saturated rings. The number of sulfonamides is 1. The van der Waals surface area contributed by atoms with Crippen molar-refractivity contribution in [2.24, 2.45) is 0 Å². The van der Waals surface area contributed by atoms with Crippen LogP contribution >= 0.6 is 0 Å². The summed E-state index contributed by atoms with van der Waals surface area (Å²) in [4.78, 5) is 14.0. The van der Waals surface area contributed by atoms with Crippen molar-refractivity contribution in [1.82, 2.24) is 10.3 Å². The van der Waals surface area contributed by atoms with Gasteiger partial charge in [0.1, 0.15) is 5.75 Å². The standard InChI is InChI=1S/C15H15N3O4S/c19-12-4-1-11(2-5-12)15(20)17-18-23(21,22)13-6-3-10-7-8-16-14(10)9-13/h1-6,9,16,18-19H,7-8H2,(H,17,20). The fraction of sp³-hybridized carbons (Fsp3) is 0.133. The van der Waals surface area contributed by atoms with Crippen LogP contribution in [0.15, 0.2) is 47.4 Å². The Balaban J connectivity index is 1.71. The molecule has 120 valence electrons. The zero-order valence-corrected chi connectivity index (χ0v) is 12.9. The van der Waals surface area contributed by atoms with Gasteiger partial charge < -0.3 is 10.4 Å². The van der Waals surface area contributed by atoms with Crippen LogP contribution < -0.4 is 15.6 Å². The van der Waals surface area contributed by atoms with Crippen LogP contribution in [0, 0.1) is 0 Å². The molecule has 23 heavy (non-hydrogen) atoms. The summed E-state index contributed by atoms with van der Waals surface area (Å²) in [5.41, 5.74) is 4.23. The highest BCUT2D eigenvalue weighted by Gasteiger charge is 2.19. The molecule has 1 amide bonds. The lowest BCUT2D eigenvalue weighted by Crippen LogP contribution is -2.41. The number of aromatic hydroxyl groups is 1. The first kappa shape index (κ1) is 15.3. The minimum atomic E-state index is -3.86. The number of carbonyl (C=O) groups is 1. The zero-order valence-electron chi connectivity index (χ0n) is 12.0. The third-order valence-electron chi connectivity index (χ3n) is 3.53. The van der Waals surface area contributed by atoms with Gasteiger partial charge in [-0.05, 0) is 48.4 Å². The van der Waals surface area contributed by atoms with E-state index in [4.69, 9.17) is 0 Å². The van der Waals surface area contributed by atoms with E-state index in [-0.39, 0.29) is 16.2 Å². The second kappa shape index (κ2) is 5.90. The fourth-order valence-electron chi connectivity index (χ4n) is 2.29. The lowest BCUT2D eigenvalue weighted by atomic mass is 10.2. The first-order valence-corrected chi connectivity index (χ1v) is 8.42. The van der Waals surface area contributed by atoms with Gasteiger partial charge in [-0.3, -0.25) is 10.2 Å². The molecule has 1 heterocycles. The van der Waals surface area contributed by atoms with Crippen molar-refractivity contribution in [2.75, 3.05) is 11.9 Å². The Kier molecular flexibility index (Phi) is 3.93. The molecular formula is C15H15N3O4S. The van der Waals surface area contributed by atoms with Gasteiger partial charge in [0.05, 0.1) is 4.90 Å². The minimum absolute atomic E-state index is 0.0211. The number of fused-ring (bicyclic) bond motifs is 1. The van der Waals surface area contributed by atoms with Gasteiger partial charge in [-0.1, -0.05) is 6.07 Å². The van der Waals surface area contributed by atoms with E-state index in [0.717, 1.165) is 24.2 Å². The molecule has 0 saturated carbocycles. The van der Waals surface area contributed by atoms with Crippen LogP contribution in [0.4, 0.5) is 5.69 Å². The van der Waals surface area contributed by atoms with Crippen LogP contribution in [0.25, 0.3) is 0 Å². The number of hydrogen-bond acceptors (Lipinski definition) is 5. The predicted molar refractivity (Wildman–Crippen MR) is 84.5 cm³/mol. The number of nitrogens with one attached hydrogen (secondary N) is 3. The summed E-state index contributed by atoms with van der Waals surface area (Å²) in [6, 6.07) is 10.3. The Bertz CT molecular complexity index is 848. The van der Waals surface area contributed by atoms with Crippen LogP contribution in [-0.2, 0) is 16.4 Å². The number of hydrogen-bond donors (Lipinski definition) is 4. The van der Waals surface area contributed by atoms with Crippen molar-refractivity contribution in [2.45, 2.75) is 11.3 Å². The van der Waals surface area contributed by atoms with Crippen LogP contribution in [0.5, 0.6) is 5.75 Å². The predicted octanol–water partition coefficient (Wildman–Crippen LogP) is 0.983. The van der Waals surface area contributed by atoms with Gasteiger partial charge in [-0.25, -0.2) is 8.42 Å².